The zero-order valence-corrected chi connectivity index (χ0v) is 37.6. The maximum Gasteiger partial charge on any atom is 0.328 e. The van der Waals surface area contributed by atoms with E-state index in [4.69, 9.17) is 11.5 Å². The van der Waals surface area contributed by atoms with Gasteiger partial charge in [0, 0.05) is 12.8 Å². The number of hydrogen-bond acceptors (Lipinski definition) is 17. The number of amides is 9. The second-order valence-electron chi connectivity index (χ2n) is 14.8. The first-order chi connectivity index (χ1) is 32.0. The number of aliphatic carboxylic acids is 3. The highest BCUT2D eigenvalue weighted by atomic mass is 32.2. The third kappa shape index (κ3) is 21.6. The van der Waals surface area contributed by atoms with Crippen molar-refractivity contribution in [2.45, 2.75) is 99.9 Å². The zero-order chi connectivity index (χ0) is 51.7. The Morgan fingerprint density at radius 3 is 1.46 bits per heavy atom. The summed E-state index contributed by atoms with van der Waals surface area (Å²) >= 11 is 1.18. The number of hydrogen-bond donors (Lipinski definition) is 16. The molecule has 1 rings (SSSR count). The van der Waals surface area contributed by atoms with Gasteiger partial charge in [-0.3, -0.25) is 52.7 Å². The molecule has 0 saturated heterocycles. The van der Waals surface area contributed by atoms with Gasteiger partial charge < -0.3 is 84.6 Å². The molecule has 0 saturated carbocycles. The van der Waals surface area contributed by atoms with E-state index in [-0.39, 0.29) is 18.6 Å². The molecule has 0 aliphatic rings. The number of carbonyl (C=O) groups is 12. The number of carboxylic acids is 3. The van der Waals surface area contributed by atoms with Gasteiger partial charge in [0.05, 0.1) is 38.7 Å². The summed E-state index contributed by atoms with van der Waals surface area (Å²) in [7, 11) is 0. The molecule has 0 unspecified atom stereocenters. The fourth-order valence-electron chi connectivity index (χ4n) is 5.81. The molecule has 378 valence electrons. The molecule has 9 amide bonds. The summed E-state index contributed by atoms with van der Waals surface area (Å²) in [5, 5.41) is 75.2. The normalized spacial score (nSPS) is 14.8. The standard InChI is InChI=1S/C39H58N10O18S/c1-18(52)31(39(66)67)49-36(63)23(13-27(41)53)46-33(60)21(10-11-68-2)44-32(59)20(8-9-29(55)56)43-35(62)24(14-30(57)58)47-38(65)26(17-51)48-34(61)22(12-19-6-4-3-5-7-19)45-37(64)25(16-50)42-28(54)15-40/h3-7,18,20-26,31,50-52H,8-17,40H2,1-2H3,(H2,41,53)(H,42,54)(H,43,62)(H,44,59)(H,45,64)(H,46,60)(H,47,65)(H,48,61)(H,49,63)(H,55,56)(H,57,58)(H,66,67)/t18-,20+,21+,22+,23+,24+,25+,26+,31+/m1/s1. The summed E-state index contributed by atoms with van der Waals surface area (Å²) in [6.45, 7) is -1.60. The van der Waals surface area contributed by atoms with Crippen LogP contribution >= 0.6 is 11.8 Å². The first-order valence-corrected chi connectivity index (χ1v) is 21.9. The molecule has 0 radical (unpaired) electrons. The fourth-order valence-corrected chi connectivity index (χ4v) is 6.28. The Balaban J connectivity index is 3.41. The maximum atomic E-state index is 13.7. The summed E-state index contributed by atoms with van der Waals surface area (Å²) in [5.41, 5.74) is 11.0. The Bertz CT molecular complexity index is 1960. The smallest absolute Gasteiger partial charge is 0.328 e. The van der Waals surface area contributed by atoms with Gasteiger partial charge in [0.25, 0.3) is 0 Å². The summed E-state index contributed by atoms with van der Waals surface area (Å²) < 4.78 is 0. The van der Waals surface area contributed by atoms with Crippen LogP contribution in [0, 0.1) is 0 Å². The Morgan fingerprint density at radius 1 is 0.574 bits per heavy atom. The molecule has 0 heterocycles. The molecule has 1 aromatic rings. The van der Waals surface area contributed by atoms with Crippen molar-refractivity contribution in [3.05, 3.63) is 35.9 Å². The van der Waals surface area contributed by atoms with Crippen molar-refractivity contribution in [1.29, 1.82) is 0 Å². The lowest BCUT2D eigenvalue weighted by atomic mass is 10.0. The van der Waals surface area contributed by atoms with Gasteiger partial charge in [0.1, 0.15) is 42.3 Å². The van der Waals surface area contributed by atoms with Gasteiger partial charge in [-0.1, -0.05) is 30.3 Å². The highest BCUT2D eigenvalue weighted by Crippen LogP contribution is 2.09. The van der Waals surface area contributed by atoms with Crippen molar-refractivity contribution in [2.24, 2.45) is 11.5 Å². The van der Waals surface area contributed by atoms with E-state index in [0.29, 0.717) is 5.56 Å². The van der Waals surface area contributed by atoms with E-state index >= 15 is 0 Å². The van der Waals surface area contributed by atoms with Gasteiger partial charge in [0.2, 0.25) is 53.2 Å². The van der Waals surface area contributed by atoms with Crippen molar-refractivity contribution in [2.75, 3.05) is 31.8 Å². The second-order valence-corrected chi connectivity index (χ2v) is 15.8. The van der Waals surface area contributed by atoms with Crippen molar-refractivity contribution in [3.8, 4) is 0 Å². The van der Waals surface area contributed by atoms with Crippen LogP contribution in [0.3, 0.4) is 0 Å². The summed E-state index contributed by atoms with van der Waals surface area (Å²) in [5.74, 6) is -15.2. The van der Waals surface area contributed by atoms with E-state index in [9.17, 15) is 88.2 Å². The molecule has 0 aliphatic carbocycles. The van der Waals surface area contributed by atoms with Crippen LogP contribution in [0.25, 0.3) is 0 Å². The molecule has 0 aliphatic heterocycles. The number of nitrogens with one attached hydrogen (secondary N) is 8. The van der Waals surface area contributed by atoms with Gasteiger partial charge in [-0.2, -0.15) is 11.8 Å². The molecule has 29 heteroatoms. The SMILES string of the molecule is CSCC[C@H](NC(=O)[C@H](CCC(=O)O)NC(=O)[C@H](CC(=O)O)NC(=O)[C@H](CO)NC(=O)[C@H](Cc1ccccc1)NC(=O)[C@H](CO)NC(=O)CN)C(=O)N[C@@H](CC(N)=O)C(=O)N[C@H](C(=O)O)[C@@H](C)O. The molecule has 9 atom stereocenters. The zero-order valence-electron chi connectivity index (χ0n) is 36.8. The summed E-state index contributed by atoms with van der Waals surface area (Å²) in [4.78, 5) is 152. The van der Waals surface area contributed by atoms with Crippen LogP contribution in [-0.2, 0) is 64.0 Å². The van der Waals surface area contributed by atoms with Crippen LogP contribution in [0.4, 0.5) is 0 Å². The minimum atomic E-state index is -2.10. The van der Waals surface area contributed by atoms with Crippen molar-refractivity contribution >= 4 is 82.8 Å². The monoisotopic (exact) mass is 986 g/mol. The van der Waals surface area contributed by atoms with Gasteiger partial charge in [-0.15, -0.1) is 0 Å². The minimum Gasteiger partial charge on any atom is -0.481 e. The lowest BCUT2D eigenvalue weighted by molar-refractivity contribution is -0.145. The second kappa shape index (κ2) is 30.4. The molecule has 0 aromatic heterocycles. The van der Waals surface area contributed by atoms with Crippen LogP contribution in [0.15, 0.2) is 30.3 Å². The third-order valence-electron chi connectivity index (χ3n) is 9.37. The third-order valence-corrected chi connectivity index (χ3v) is 10.0. The number of aliphatic hydroxyl groups excluding tert-OH is 3. The van der Waals surface area contributed by atoms with Gasteiger partial charge in [-0.05, 0) is 37.3 Å². The molecule has 18 N–H and O–H groups in total. The quantitative estimate of drug-likeness (QED) is 0.0319. The number of aliphatic hydroxyl groups is 3. The van der Waals surface area contributed by atoms with Crippen molar-refractivity contribution in [3.63, 3.8) is 0 Å². The van der Waals surface area contributed by atoms with Gasteiger partial charge in [0.15, 0.2) is 6.04 Å². The molecule has 0 bridgehead atoms. The van der Waals surface area contributed by atoms with Crippen LogP contribution < -0.4 is 54.0 Å². The Morgan fingerprint density at radius 2 is 1.00 bits per heavy atom. The number of carboxylic acid groups (broad SMARTS) is 3. The van der Waals surface area contributed by atoms with E-state index < -0.39 is 171 Å². The Hall–Kier alpha value is -6.95. The average Bonchev–Trinajstić information content (AvgIpc) is 3.27. The van der Waals surface area contributed by atoms with Crippen LogP contribution in [0.2, 0.25) is 0 Å². The van der Waals surface area contributed by atoms with Crippen molar-refractivity contribution < 1.29 is 88.2 Å². The largest absolute Gasteiger partial charge is 0.481 e. The molecule has 28 nitrogen and oxygen atoms in total. The van der Waals surface area contributed by atoms with Gasteiger partial charge >= 0.3 is 17.9 Å². The number of rotatable bonds is 32. The van der Waals surface area contributed by atoms with E-state index in [1.807, 2.05) is 10.6 Å². The highest BCUT2D eigenvalue weighted by molar-refractivity contribution is 7.98. The Kier molecular flexibility index (Phi) is 26.4. The number of primary amides is 1. The summed E-state index contributed by atoms with van der Waals surface area (Å²) in [6.07, 6.45) is -4.04. The van der Waals surface area contributed by atoms with E-state index in [2.05, 4.69) is 31.9 Å². The van der Waals surface area contributed by atoms with Gasteiger partial charge in [-0.25, -0.2) is 4.79 Å². The average molecular weight is 987 g/mol. The minimum absolute atomic E-state index is 0.144. The Labute approximate surface area is 391 Å². The van der Waals surface area contributed by atoms with Crippen LogP contribution in [0.5, 0.6) is 0 Å². The van der Waals surface area contributed by atoms with Crippen LogP contribution in [0.1, 0.15) is 44.6 Å². The molecule has 1 aromatic carbocycles. The van der Waals surface area contributed by atoms with E-state index in [0.717, 1.165) is 6.92 Å². The molecule has 0 spiro atoms. The predicted octanol–water partition coefficient (Wildman–Crippen LogP) is -7.52. The topological polar surface area (TPSA) is 474 Å². The summed E-state index contributed by atoms with van der Waals surface area (Å²) in [6, 6.07) is -6.36. The van der Waals surface area contributed by atoms with E-state index in [1.54, 1.807) is 36.6 Å². The van der Waals surface area contributed by atoms with Crippen molar-refractivity contribution in [1.82, 2.24) is 42.5 Å². The number of thioether (sulfide) groups is 1. The molecule has 0 fully saturated rings. The lowest BCUT2D eigenvalue weighted by Gasteiger charge is -2.27. The van der Waals surface area contributed by atoms with Crippen LogP contribution in [-0.4, -0.2) is 188 Å². The predicted molar refractivity (Wildman–Crippen MR) is 234 cm³/mol. The maximum absolute atomic E-state index is 13.7. The van der Waals surface area contributed by atoms with E-state index in [1.165, 1.54) is 11.8 Å². The molecular weight excluding hydrogens is 929 g/mol. The molecular formula is C39H58N10O18S. The highest BCUT2D eigenvalue weighted by Gasteiger charge is 2.36. The first-order valence-electron chi connectivity index (χ1n) is 20.5. The number of benzene rings is 1. The fraction of sp³-hybridized carbons (Fsp3) is 0.538. The number of nitrogens with two attached hydrogens (primary N) is 2. The lowest BCUT2D eigenvalue weighted by Crippen LogP contribution is -2.61. The molecule has 68 heavy (non-hydrogen) atoms. The number of carbonyl (C=O) groups excluding carboxylic acids is 9. The first kappa shape index (κ1) is 59.1.